The van der Waals surface area contributed by atoms with Crippen LogP contribution in [0.25, 0.3) is 11.5 Å². The lowest BCUT2D eigenvalue weighted by molar-refractivity contribution is -0.139. The summed E-state index contributed by atoms with van der Waals surface area (Å²) in [5.74, 6) is -0.942. The van der Waals surface area contributed by atoms with E-state index >= 15 is 0 Å². The van der Waals surface area contributed by atoms with E-state index in [-0.39, 0.29) is 11.3 Å². The molecule has 1 aliphatic heterocycles. The Morgan fingerprint density at radius 1 is 1.08 bits per heavy atom. The minimum absolute atomic E-state index is 0.0309. The lowest BCUT2D eigenvalue weighted by atomic mass is 10.1. The summed E-state index contributed by atoms with van der Waals surface area (Å²) in [6.07, 6.45) is 9.49. The Morgan fingerprint density at radius 2 is 1.85 bits per heavy atom. The molecule has 7 nitrogen and oxygen atoms in total. The third-order valence-corrected chi connectivity index (χ3v) is 3.72. The maximum Gasteiger partial charge on any atom is 0.355 e. The van der Waals surface area contributed by atoms with E-state index < -0.39 is 11.9 Å². The molecule has 1 aliphatic rings. The second kappa shape index (κ2) is 7.52. The molecule has 0 spiro atoms. The first-order chi connectivity index (χ1) is 12.7. The molecule has 0 saturated heterocycles. The molecule has 2 aromatic rings. The van der Waals surface area contributed by atoms with Gasteiger partial charge in [-0.05, 0) is 24.3 Å². The van der Waals surface area contributed by atoms with Crippen LogP contribution in [0.3, 0.4) is 0 Å². The topological polar surface area (TPSA) is 81.9 Å². The van der Waals surface area contributed by atoms with Crippen LogP contribution >= 0.6 is 0 Å². The number of nitrogens with zero attached hydrogens (tertiary/aromatic N) is 2. The Bertz CT molecular complexity index is 910. The third-order valence-electron chi connectivity index (χ3n) is 3.72. The van der Waals surface area contributed by atoms with Crippen LogP contribution in [0.4, 0.5) is 5.69 Å². The number of carbonyl (C=O) groups is 2. The minimum Gasteiger partial charge on any atom is -0.465 e. The molecule has 0 saturated carbocycles. The van der Waals surface area contributed by atoms with E-state index in [0.29, 0.717) is 17.1 Å². The van der Waals surface area contributed by atoms with Gasteiger partial charge in [0.2, 0.25) is 5.89 Å². The molecule has 0 aliphatic carbocycles. The first-order valence-electron chi connectivity index (χ1n) is 7.71. The van der Waals surface area contributed by atoms with Gasteiger partial charge < -0.3 is 18.8 Å². The van der Waals surface area contributed by atoms with Crippen LogP contribution in [-0.2, 0) is 19.1 Å². The van der Waals surface area contributed by atoms with E-state index in [2.05, 4.69) is 4.98 Å². The molecule has 2 heterocycles. The summed E-state index contributed by atoms with van der Waals surface area (Å²) in [4.78, 5) is 30.4. The van der Waals surface area contributed by atoms with Crippen molar-refractivity contribution in [3.8, 4) is 11.5 Å². The molecule has 26 heavy (non-hydrogen) atoms. The lowest BCUT2D eigenvalue weighted by Crippen LogP contribution is -2.27. The molecular formula is C19H16N2O5. The Hall–Kier alpha value is -3.61. The van der Waals surface area contributed by atoms with Gasteiger partial charge in [-0.3, -0.25) is 0 Å². The third kappa shape index (κ3) is 3.14. The maximum absolute atomic E-state index is 12.5. The van der Waals surface area contributed by atoms with Crippen molar-refractivity contribution in [3.63, 3.8) is 0 Å². The summed E-state index contributed by atoms with van der Waals surface area (Å²) in [5.41, 5.74) is 1.35. The molecule has 0 N–H and O–H groups in total. The van der Waals surface area contributed by atoms with E-state index in [1.165, 1.54) is 32.8 Å². The molecule has 0 amide bonds. The van der Waals surface area contributed by atoms with Crippen molar-refractivity contribution in [3.05, 3.63) is 72.4 Å². The molecule has 0 fully saturated rings. The predicted octanol–water partition coefficient (Wildman–Crippen LogP) is 2.83. The largest absolute Gasteiger partial charge is 0.465 e. The summed E-state index contributed by atoms with van der Waals surface area (Å²) in [7, 11) is 2.50. The fourth-order valence-corrected chi connectivity index (χ4v) is 2.57. The number of methoxy groups -OCH3 is 2. The van der Waals surface area contributed by atoms with Crippen molar-refractivity contribution in [2.45, 2.75) is 0 Å². The van der Waals surface area contributed by atoms with Gasteiger partial charge in [-0.2, -0.15) is 0 Å². The fraction of sp³-hybridized carbons (Fsp3) is 0.105. The van der Waals surface area contributed by atoms with Gasteiger partial charge in [0.25, 0.3) is 0 Å². The number of allylic oxidation sites excluding steroid dienone is 2. The number of benzene rings is 1. The number of esters is 2. The van der Waals surface area contributed by atoms with Crippen molar-refractivity contribution >= 4 is 17.6 Å². The monoisotopic (exact) mass is 352 g/mol. The minimum atomic E-state index is -0.677. The number of hydrogen-bond donors (Lipinski definition) is 0. The van der Waals surface area contributed by atoms with Crippen molar-refractivity contribution < 1.29 is 23.5 Å². The van der Waals surface area contributed by atoms with Crippen LogP contribution in [-0.4, -0.2) is 31.1 Å². The van der Waals surface area contributed by atoms with Crippen LogP contribution in [0.1, 0.15) is 0 Å². The average molecular weight is 352 g/mol. The Balaban J connectivity index is 2.23. The van der Waals surface area contributed by atoms with E-state index in [4.69, 9.17) is 13.9 Å². The van der Waals surface area contributed by atoms with E-state index in [9.17, 15) is 9.59 Å². The van der Waals surface area contributed by atoms with E-state index in [1.54, 1.807) is 41.5 Å². The quantitative estimate of drug-likeness (QED) is 0.783. The fourth-order valence-electron chi connectivity index (χ4n) is 2.57. The number of rotatable bonds is 4. The maximum atomic E-state index is 12.5. The van der Waals surface area contributed by atoms with Crippen LogP contribution in [0.15, 0.2) is 76.8 Å². The summed E-state index contributed by atoms with van der Waals surface area (Å²) >= 11 is 0. The van der Waals surface area contributed by atoms with Gasteiger partial charge in [-0.25, -0.2) is 14.6 Å². The molecule has 0 bridgehead atoms. The first kappa shape index (κ1) is 17.2. The number of anilines is 1. The predicted molar refractivity (Wildman–Crippen MR) is 93.8 cm³/mol. The summed E-state index contributed by atoms with van der Waals surface area (Å²) in [6.45, 7) is 0. The first-order valence-corrected chi connectivity index (χ1v) is 7.71. The summed E-state index contributed by atoms with van der Waals surface area (Å²) in [6, 6.07) is 7.22. The van der Waals surface area contributed by atoms with Gasteiger partial charge in [0.15, 0.2) is 0 Å². The van der Waals surface area contributed by atoms with Gasteiger partial charge in [0.1, 0.15) is 12.0 Å². The smallest absolute Gasteiger partial charge is 0.355 e. The second-order valence-corrected chi connectivity index (χ2v) is 5.17. The highest BCUT2D eigenvalue weighted by Crippen LogP contribution is 2.34. The lowest BCUT2D eigenvalue weighted by Gasteiger charge is -2.24. The number of oxazole rings is 1. The highest BCUT2D eigenvalue weighted by atomic mass is 16.5. The molecule has 7 heteroatoms. The number of aromatic nitrogens is 1. The Morgan fingerprint density at radius 3 is 2.54 bits per heavy atom. The molecular weight excluding hydrogens is 336 g/mol. The van der Waals surface area contributed by atoms with Crippen molar-refractivity contribution in [2.75, 3.05) is 19.1 Å². The van der Waals surface area contributed by atoms with Crippen LogP contribution in [0.2, 0.25) is 0 Å². The van der Waals surface area contributed by atoms with Gasteiger partial charge in [-0.15, -0.1) is 0 Å². The Labute approximate surface area is 149 Å². The number of hydrogen-bond acceptors (Lipinski definition) is 7. The van der Waals surface area contributed by atoms with Crippen molar-refractivity contribution in [1.82, 2.24) is 4.98 Å². The number of carbonyl (C=O) groups excluding carboxylic acids is 2. The molecule has 0 unspecified atom stereocenters. The molecule has 0 radical (unpaired) electrons. The highest BCUT2D eigenvalue weighted by molar-refractivity contribution is 6.06. The van der Waals surface area contributed by atoms with Gasteiger partial charge in [0, 0.05) is 6.20 Å². The summed E-state index contributed by atoms with van der Waals surface area (Å²) < 4.78 is 15.1. The Kier molecular flexibility index (Phi) is 4.98. The highest BCUT2D eigenvalue weighted by Gasteiger charge is 2.29. The standard InChI is InChI=1S/C19H16N2O5/c1-24-18(22)14-8-5-6-11-21(16(14)19(23)25-2)15-9-4-3-7-13(15)17-20-10-12-26-17/h3-12H,1-2H3. The SMILES string of the molecule is COC(=O)C1=C(C(=O)OC)N(c2ccccc2-c2ncco2)C=CC=C1. The molecule has 132 valence electrons. The van der Waals surface area contributed by atoms with Gasteiger partial charge in [-0.1, -0.05) is 18.2 Å². The molecule has 1 aromatic heterocycles. The average Bonchev–Trinajstić information content (AvgIpc) is 3.13. The molecule has 3 rings (SSSR count). The van der Waals surface area contributed by atoms with Crippen LogP contribution in [0.5, 0.6) is 0 Å². The zero-order valence-corrected chi connectivity index (χ0v) is 14.2. The summed E-state index contributed by atoms with van der Waals surface area (Å²) in [5, 5.41) is 0. The van der Waals surface area contributed by atoms with Crippen molar-refractivity contribution in [1.29, 1.82) is 0 Å². The molecule has 1 aromatic carbocycles. The van der Waals surface area contributed by atoms with Gasteiger partial charge in [0.05, 0.1) is 37.2 Å². The second-order valence-electron chi connectivity index (χ2n) is 5.17. The number of para-hydroxylation sites is 1. The zero-order valence-electron chi connectivity index (χ0n) is 14.2. The van der Waals surface area contributed by atoms with Crippen molar-refractivity contribution in [2.24, 2.45) is 0 Å². The molecule has 0 atom stereocenters. The van der Waals surface area contributed by atoms with Crippen LogP contribution in [0, 0.1) is 0 Å². The normalized spacial score (nSPS) is 13.5. The van der Waals surface area contributed by atoms with Crippen LogP contribution < -0.4 is 4.90 Å². The zero-order chi connectivity index (χ0) is 18.5. The van der Waals surface area contributed by atoms with Gasteiger partial charge >= 0.3 is 11.9 Å². The number of ether oxygens (including phenoxy) is 2. The van der Waals surface area contributed by atoms with E-state index in [1.807, 2.05) is 6.07 Å². The van der Waals surface area contributed by atoms with E-state index in [0.717, 1.165) is 0 Å².